The molecule has 1 aromatic heterocycles. The first-order valence-electron chi connectivity index (χ1n) is 7.18. The Labute approximate surface area is 134 Å². The highest BCUT2D eigenvalue weighted by Crippen LogP contribution is 2.25. The summed E-state index contributed by atoms with van der Waals surface area (Å²) in [5, 5.41) is 13.9. The van der Waals surface area contributed by atoms with Crippen molar-refractivity contribution < 1.29 is 4.74 Å². The quantitative estimate of drug-likeness (QED) is 0.873. The number of benzene rings is 1. The van der Waals surface area contributed by atoms with E-state index >= 15 is 0 Å². The number of rotatable bonds is 3. The summed E-state index contributed by atoms with van der Waals surface area (Å²) >= 11 is 6.18. The van der Waals surface area contributed by atoms with Crippen LogP contribution in [0.15, 0.2) is 30.5 Å². The third-order valence-electron chi connectivity index (χ3n) is 3.92. The van der Waals surface area contributed by atoms with E-state index in [2.05, 4.69) is 16.1 Å². The van der Waals surface area contributed by atoms with Crippen LogP contribution in [0.5, 0.6) is 0 Å². The van der Waals surface area contributed by atoms with E-state index in [9.17, 15) is 0 Å². The molecule has 1 fully saturated rings. The van der Waals surface area contributed by atoms with Crippen molar-refractivity contribution >= 4 is 11.6 Å². The van der Waals surface area contributed by atoms with Gasteiger partial charge in [0.1, 0.15) is 0 Å². The second-order valence-electron chi connectivity index (χ2n) is 5.39. The number of ether oxygens (including phenoxy) is 1. The summed E-state index contributed by atoms with van der Waals surface area (Å²) in [4.78, 5) is 2.30. The fourth-order valence-electron chi connectivity index (χ4n) is 2.68. The van der Waals surface area contributed by atoms with Crippen molar-refractivity contribution in [2.75, 3.05) is 19.7 Å². The summed E-state index contributed by atoms with van der Waals surface area (Å²) in [5.41, 5.74) is 2.71. The first kappa shape index (κ1) is 15.0. The second kappa shape index (κ2) is 6.49. The predicted octanol–water partition coefficient (Wildman–Crippen LogP) is 2.52. The van der Waals surface area contributed by atoms with E-state index in [-0.39, 0.29) is 6.10 Å². The Morgan fingerprint density at radius 2 is 2.36 bits per heavy atom. The van der Waals surface area contributed by atoms with Gasteiger partial charge in [-0.25, -0.2) is 0 Å². The lowest BCUT2D eigenvalue weighted by molar-refractivity contribution is -0.0335. The van der Waals surface area contributed by atoms with Crippen LogP contribution in [0.1, 0.15) is 22.9 Å². The molecule has 0 N–H and O–H groups in total. The van der Waals surface area contributed by atoms with Gasteiger partial charge < -0.3 is 4.74 Å². The van der Waals surface area contributed by atoms with Crippen LogP contribution in [-0.4, -0.2) is 34.4 Å². The van der Waals surface area contributed by atoms with Crippen molar-refractivity contribution in [3.05, 3.63) is 52.3 Å². The van der Waals surface area contributed by atoms with Gasteiger partial charge in [0.15, 0.2) is 0 Å². The second-order valence-corrected chi connectivity index (χ2v) is 5.80. The molecule has 2 heterocycles. The van der Waals surface area contributed by atoms with Gasteiger partial charge in [0, 0.05) is 26.7 Å². The number of morpholine rings is 1. The van der Waals surface area contributed by atoms with Crippen molar-refractivity contribution in [3.63, 3.8) is 0 Å². The Balaban J connectivity index is 1.73. The van der Waals surface area contributed by atoms with E-state index in [4.69, 9.17) is 21.6 Å². The van der Waals surface area contributed by atoms with Crippen LogP contribution in [0, 0.1) is 11.3 Å². The highest BCUT2D eigenvalue weighted by Gasteiger charge is 2.23. The van der Waals surface area contributed by atoms with E-state index in [0.29, 0.717) is 17.2 Å². The molecule has 0 unspecified atom stereocenters. The monoisotopic (exact) mass is 316 g/mol. The lowest BCUT2D eigenvalue weighted by atomic mass is 10.0. The molecule has 3 rings (SSSR count). The maximum absolute atomic E-state index is 9.02. The zero-order valence-corrected chi connectivity index (χ0v) is 13.1. The van der Waals surface area contributed by atoms with Crippen LogP contribution in [-0.2, 0) is 18.3 Å². The van der Waals surface area contributed by atoms with Gasteiger partial charge in [-0.3, -0.25) is 9.58 Å². The maximum atomic E-state index is 9.02. The summed E-state index contributed by atoms with van der Waals surface area (Å²) in [6.45, 7) is 3.04. The average molecular weight is 317 g/mol. The van der Waals surface area contributed by atoms with Crippen molar-refractivity contribution in [3.8, 4) is 6.07 Å². The van der Waals surface area contributed by atoms with Crippen molar-refractivity contribution in [2.45, 2.75) is 12.6 Å². The van der Waals surface area contributed by atoms with Crippen LogP contribution in [0.2, 0.25) is 5.02 Å². The fourth-order valence-corrected chi connectivity index (χ4v) is 2.91. The molecule has 1 aliphatic heterocycles. The predicted molar refractivity (Wildman–Crippen MR) is 83.3 cm³/mol. The Morgan fingerprint density at radius 1 is 1.50 bits per heavy atom. The number of aryl methyl sites for hydroxylation is 1. The topological polar surface area (TPSA) is 54.1 Å². The van der Waals surface area contributed by atoms with Crippen LogP contribution >= 0.6 is 11.6 Å². The molecule has 0 radical (unpaired) electrons. The largest absolute Gasteiger partial charge is 0.371 e. The van der Waals surface area contributed by atoms with Gasteiger partial charge in [0.05, 0.1) is 41.3 Å². The lowest BCUT2D eigenvalue weighted by Crippen LogP contribution is -2.38. The van der Waals surface area contributed by atoms with Crippen LogP contribution in [0.25, 0.3) is 0 Å². The molecule has 1 atom stereocenters. The van der Waals surface area contributed by atoms with Gasteiger partial charge in [-0.05, 0) is 17.7 Å². The summed E-state index contributed by atoms with van der Waals surface area (Å²) in [5.74, 6) is 0. The van der Waals surface area contributed by atoms with Gasteiger partial charge in [-0.2, -0.15) is 10.4 Å². The van der Waals surface area contributed by atoms with E-state index in [1.807, 2.05) is 29.9 Å². The smallest absolute Gasteiger partial charge is 0.0991 e. The Hall–Kier alpha value is -1.87. The van der Waals surface area contributed by atoms with Gasteiger partial charge in [0.2, 0.25) is 0 Å². The molecule has 2 aromatic rings. The molecule has 0 saturated carbocycles. The molecular formula is C16H17ClN4O. The van der Waals surface area contributed by atoms with Crippen molar-refractivity contribution in [1.82, 2.24) is 14.7 Å². The Bertz CT molecular complexity index is 687. The summed E-state index contributed by atoms with van der Waals surface area (Å²) < 4.78 is 7.68. The van der Waals surface area contributed by atoms with E-state index in [1.165, 1.54) is 0 Å². The Kier molecular flexibility index (Phi) is 4.44. The average Bonchev–Trinajstić information content (AvgIpc) is 2.87. The summed E-state index contributed by atoms with van der Waals surface area (Å²) in [6, 6.07) is 9.77. The number of halogens is 1. The first-order valence-corrected chi connectivity index (χ1v) is 7.55. The van der Waals surface area contributed by atoms with Crippen molar-refractivity contribution in [1.29, 1.82) is 5.26 Å². The molecule has 0 aliphatic carbocycles. The zero-order chi connectivity index (χ0) is 15.5. The lowest BCUT2D eigenvalue weighted by Gasteiger charge is -2.33. The van der Waals surface area contributed by atoms with E-state index in [0.717, 1.165) is 30.9 Å². The van der Waals surface area contributed by atoms with Gasteiger partial charge in [-0.1, -0.05) is 23.7 Å². The molecule has 0 spiro atoms. The molecule has 1 saturated heterocycles. The summed E-state index contributed by atoms with van der Waals surface area (Å²) in [6.07, 6.45) is 1.65. The number of aromatic nitrogens is 2. The van der Waals surface area contributed by atoms with Crippen molar-refractivity contribution in [2.24, 2.45) is 7.05 Å². The molecule has 1 aliphatic rings. The molecular weight excluding hydrogens is 300 g/mol. The molecule has 0 amide bonds. The highest BCUT2D eigenvalue weighted by molar-refractivity contribution is 6.31. The van der Waals surface area contributed by atoms with Crippen LogP contribution < -0.4 is 0 Å². The van der Waals surface area contributed by atoms with E-state index in [1.54, 1.807) is 12.3 Å². The number of nitriles is 1. The molecule has 1 aromatic carbocycles. The molecule has 114 valence electrons. The Morgan fingerprint density at radius 3 is 3.09 bits per heavy atom. The first-order chi connectivity index (χ1) is 10.7. The number of nitrogens with zero attached hydrogens (tertiary/aromatic N) is 4. The molecule has 0 bridgehead atoms. The van der Waals surface area contributed by atoms with Gasteiger partial charge in [0.25, 0.3) is 0 Å². The third-order valence-corrected chi connectivity index (χ3v) is 4.24. The molecule has 6 heteroatoms. The molecule has 22 heavy (non-hydrogen) atoms. The number of hydrogen-bond acceptors (Lipinski definition) is 4. The maximum Gasteiger partial charge on any atom is 0.0991 e. The highest BCUT2D eigenvalue weighted by atomic mass is 35.5. The number of hydrogen-bond donors (Lipinski definition) is 0. The van der Waals surface area contributed by atoms with Gasteiger partial charge in [-0.15, -0.1) is 0 Å². The normalized spacial score (nSPS) is 19.0. The SMILES string of the molecule is Cn1ncc(Cl)c1CN1CCO[C@H](c2cccc(C#N)c2)C1. The minimum atomic E-state index is -0.0194. The third kappa shape index (κ3) is 3.14. The van der Waals surface area contributed by atoms with Crippen LogP contribution in [0.3, 0.4) is 0 Å². The van der Waals surface area contributed by atoms with E-state index < -0.39 is 0 Å². The zero-order valence-electron chi connectivity index (χ0n) is 12.4. The minimum Gasteiger partial charge on any atom is -0.371 e. The molecule has 5 nitrogen and oxygen atoms in total. The standard InChI is InChI=1S/C16H17ClN4O/c1-20-15(14(17)9-19-20)10-21-5-6-22-16(11-21)13-4-2-3-12(7-13)8-18/h2-4,7,9,16H,5-6,10-11H2,1H3/t16-/m0/s1. The van der Waals surface area contributed by atoms with Crippen LogP contribution in [0.4, 0.5) is 0 Å². The van der Waals surface area contributed by atoms with Gasteiger partial charge >= 0.3 is 0 Å². The fraction of sp³-hybridized carbons (Fsp3) is 0.375. The minimum absolute atomic E-state index is 0.0194. The summed E-state index contributed by atoms with van der Waals surface area (Å²) in [7, 11) is 1.90.